The Morgan fingerprint density at radius 2 is 2.13 bits per heavy atom. The molecule has 0 aromatic heterocycles. The van der Waals surface area contributed by atoms with Crippen LogP contribution in [0.4, 0.5) is 11.4 Å². The molecule has 0 amide bonds. The Morgan fingerprint density at radius 3 is 2.80 bits per heavy atom. The SMILES string of the molecule is CC(C)c1cccc2c1N(C)C(C)CN2. The number of rotatable bonds is 1. The van der Waals surface area contributed by atoms with E-state index in [1.807, 2.05) is 0 Å². The van der Waals surface area contributed by atoms with Gasteiger partial charge in [0.05, 0.1) is 11.4 Å². The number of fused-ring (bicyclic) bond motifs is 1. The van der Waals surface area contributed by atoms with Crippen LogP contribution in [0.2, 0.25) is 0 Å². The number of benzene rings is 1. The first-order valence-corrected chi connectivity index (χ1v) is 5.71. The molecule has 0 spiro atoms. The summed E-state index contributed by atoms with van der Waals surface area (Å²) in [5.74, 6) is 0.578. The van der Waals surface area contributed by atoms with E-state index >= 15 is 0 Å². The molecule has 1 aromatic carbocycles. The van der Waals surface area contributed by atoms with Crippen LogP contribution in [0.25, 0.3) is 0 Å². The zero-order valence-corrected chi connectivity index (χ0v) is 10.0. The molecule has 0 saturated carbocycles. The molecule has 0 fully saturated rings. The molecule has 2 rings (SSSR count). The van der Waals surface area contributed by atoms with Crippen LogP contribution in [0.15, 0.2) is 18.2 Å². The molecule has 2 nitrogen and oxygen atoms in total. The molecule has 0 saturated heterocycles. The predicted octanol–water partition coefficient (Wildman–Crippen LogP) is 3.06. The number of hydrogen-bond donors (Lipinski definition) is 1. The summed E-state index contributed by atoms with van der Waals surface area (Å²) in [4.78, 5) is 2.39. The van der Waals surface area contributed by atoms with Crippen LogP contribution in [0.3, 0.4) is 0 Å². The summed E-state index contributed by atoms with van der Waals surface area (Å²) >= 11 is 0. The molecule has 82 valence electrons. The van der Waals surface area contributed by atoms with Crippen LogP contribution in [-0.4, -0.2) is 19.6 Å². The van der Waals surface area contributed by atoms with E-state index in [0.717, 1.165) is 6.54 Å². The smallest absolute Gasteiger partial charge is 0.0637 e. The lowest BCUT2D eigenvalue weighted by Gasteiger charge is -2.37. The fraction of sp³-hybridized carbons (Fsp3) is 0.538. The van der Waals surface area contributed by atoms with Crippen LogP contribution in [0.5, 0.6) is 0 Å². The lowest BCUT2D eigenvalue weighted by Crippen LogP contribution is -2.39. The summed E-state index contributed by atoms with van der Waals surface area (Å²) in [6, 6.07) is 7.12. The monoisotopic (exact) mass is 204 g/mol. The number of nitrogens with zero attached hydrogens (tertiary/aromatic N) is 1. The second-order valence-electron chi connectivity index (χ2n) is 4.74. The van der Waals surface area contributed by atoms with Crippen LogP contribution < -0.4 is 10.2 Å². The van der Waals surface area contributed by atoms with E-state index in [1.165, 1.54) is 16.9 Å². The number of hydrogen-bond acceptors (Lipinski definition) is 2. The molecule has 0 radical (unpaired) electrons. The molecule has 1 aliphatic rings. The number of nitrogens with one attached hydrogen (secondary N) is 1. The summed E-state index contributed by atoms with van der Waals surface area (Å²) < 4.78 is 0. The molecule has 0 bridgehead atoms. The third kappa shape index (κ3) is 1.69. The Hall–Kier alpha value is -1.18. The highest BCUT2D eigenvalue weighted by Crippen LogP contribution is 2.37. The number of para-hydroxylation sites is 1. The Balaban J connectivity index is 2.52. The quantitative estimate of drug-likeness (QED) is 0.756. The molecule has 1 aromatic rings. The maximum Gasteiger partial charge on any atom is 0.0637 e. The number of anilines is 2. The highest BCUT2D eigenvalue weighted by Gasteiger charge is 2.22. The van der Waals surface area contributed by atoms with Crippen molar-refractivity contribution in [1.29, 1.82) is 0 Å². The van der Waals surface area contributed by atoms with Gasteiger partial charge < -0.3 is 10.2 Å². The minimum Gasteiger partial charge on any atom is -0.381 e. The van der Waals surface area contributed by atoms with E-state index in [4.69, 9.17) is 0 Å². The highest BCUT2D eigenvalue weighted by atomic mass is 15.2. The van der Waals surface area contributed by atoms with E-state index in [9.17, 15) is 0 Å². The second-order valence-corrected chi connectivity index (χ2v) is 4.74. The summed E-state index contributed by atoms with van der Waals surface area (Å²) in [6.07, 6.45) is 0. The topological polar surface area (TPSA) is 15.3 Å². The average Bonchev–Trinajstić information content (AvgIpc) is 2.23. The Kier molecular flexibility index (Phi) is 2.59. The van der Waals surface area contributed by atoms with Gasteiger partial charge in [-0.3, -0.25) is 0 Å². The Bertz CT molecular complexity index is 358. The largest absolute Gasteiger partial charge is 0.381 e. The zero-order valence-electron chi connectivity index (χ0n) is 10.0. The van der Waals surface area contributed by atoms with Crippen LogP contribution >= 0.6 is 0 Å². The van der Waals surface area contributed by atoms with Gasteiger partial charge in [0.2, 0.25) is 0 Å². The molecule has 0 aliphatic carbocycles. The van der Waals surface area contributed by atoms with Crippen molar-refractivity contribution in [3.63, 3.8) is 0 Å². The molecule has 1 atom stereocenters. The molecule has 15 heavy (non-hydrogen) atoms. The fourth-order valence-electron chi connectivity index (χ4n) is 2.18. The summed E-state index contributed by atoms with van der Waals surface area (Å²) in [6.45, 7) is 7.80. The van der Waals surface area contributed by atoms with Gasteiger partial charge in [0.25, 0.3) is 0 Å². The normalized spacial score (nSPS) is 20.1. The fourth-order valence-corrected chi connectivity index (χ4v) is 2.18. The van der Waals surface area contributed by atoms with E-state index in [2.05, 4.69) is 56.2 Å². The van der Waals surface area contributed by atoms with Crippen LogP contribution in [0, 0.1) is 0 Å². The van der Waals surface area contributed by atoms with Gasteiger partial charge in [-0.15, -0.1) is 0 Å². The average molecular weight is 204 g/mol. The zero-order chi connectivity index (χ0) is 11.0. The van der Waals surface area contributed by atoms with Gasteiger partial charge in [-0.05, 0) is 24.5 Å². The Morgan fingerprint density at radius 1 is 1.40 bits per heavy atom. The van der Waals surface area contributed by atoms with Gasteiger partial charge in [-0.25, -0.2) is 0 Å². The van der Waals surface area contributed by atoms with Crippen molar-refractivity contribution in [3.05, 3.63) is 23.8 Å². The first-order valence-electron chi connectivity index (χ1n) is 5.71. The van der Waals surface area contributed by atoms with Gasteiger partial charge in [-0.2, -0.15) is 0 Å². The number of likely N-dealkylation sites (N-methyl/N-ethyl adjacent to an activating group) is 1. The highest BCUT2D eigenvalue weighted by molar-refractivity contribution is 5.76. The minimum absolute atomic E-state index is 0.567. The van der Waals surface area contributed by atoms with Gasteiger partial charge in [0.1, 0.15) is 0 Å². The maximum atomic E-state index is 3.50. The van der Waals surface area contributed by atoms with Crippen molar-refractivity contribution in [1.82, 2.24) is 0 Å². The van der Waals surface area contributed by atoms with Crippen LogP contribution in [-0.2, 0) is 0 Å². The third-order valence-electron chi connectivity index (χ3n) is 3.29. The molecule has 2 heteroatoms. The van der Waals surface area contributed by atoms with Crippen molar-refractivity contribution in [2.45, 2.75) is 32.7 Å². The van der Waals surface area contributed by atoms with Crippen LogP contribution in [0.1, 0.15) is 32.3 Å². The van der Waals surface area contributed by atoms with Gasteiger partial charge in [0, 0.05) is 19.6 Å². The molecule has 1 heterocycles. The lowest BCUT2D eigenvalue weighted by molar-refractivity contribution is 0.690. The molecular weight excluding hydrogens is 184 g/mol. The molecule has 1 unspecified atom stereocenters. The van der Waals surface area contributed by atoms with E-state index in [1.54, 1.807) is 0 Å². The van der Waals surface area contributed by atoms with Gasteiger partial charge in [0.15, 0.2) is 0 Å². The summed E-state index contributed by atoms with van der Waals surface area (Å²) in [5.41, 5.74) is 4.10. The minimum atomic E-state index is 0.567. The Labute approximate surface area is 92.3 Å². The van der Waals surface area contributed by atoms with E-state index in [-0.39, 0.29) is 0 Å². The van der Waals surface area contributed by atoms with Crippen molar-refractivity contribution < 1.29 is 0 Å². The maximum absolute atomic E-state index is 3.50. The lowest BCUT2D eigenvalue weighted by atomic mass is 9.97. The summed E-state index contributed by atoms with van der Waals surface area (Å²) in [7, 11) is 2.19. The van der Waals surface area contributed by atoms with Crippen molar-refractivity contribution in [3.8, 4) is 0 Å². The van der Waals surface area contributed by atoms with Gasteiger partial charge in [-0.1, -0.05) is 26.0 Å². The molecule has 1 aliphatic heterocycles. The van der Waals surface area contributed by atoms with Crippen molar-refractivity contribution in [2.75, 3.05) is 23.8 Å². The molecule has 1 N–H and O–H groups in total. The third-order valence-corrected chi connectivity index (χ3v) is 3.29. The van der Waals surface area contributed by atoms with Crippen molar-refractivity contribution in [2.24, 2.45) is 0 Å². The van der Waals surface area contributed by atoms with E-state index < -0.39 is 0 Å². The first kappa shape index (κ1) is 10.3. The van der Waals surface area contributed by atoms with Crippen molar-refractivity contribution >= 4 is 11.4 Å². The standard InChI is InChI=1S/C13H20N2/c1-9(2)11-6-5-7-12-13(11)15(4)10(3)8-14-12/h5-7,9-10,14H,8H2,1-4H3. The summed E-state index contributed by atoms with van der Waals surface area (Å²) in [5, 5.41) is 3.50. The second kappa shape index (κ2) is 3.76. The first-order chi connectivity index (χ1) is 7.11. The predicted molar refractivity (Wildman–Crippen MR) is 66.9 cm³/mol. The molecular formula is C13H20N2. The van der Waals surface area contributed by atoms with E-state index in [0.29, 0.717) is 12.0 Å². The van der Waals surface area contributed by atoms with Gasteiger partial charge >= 0.3 is 0 Å².